The summed E-state index contributed by atoms with van der Waals surface area (Å²) in [4.78, 5) is 23.8. The second kappa shape index (κ2) is 6.24. The van der Waals surface area contributed by atoms with Gasteiger partial charge in [0.25, 0.3) is 5.91 Å². The van der Waals surface area contributed by atoms with Crippen molar-refractivity contribution >= 4 is 23.3 Å². The molecule has 0 fully saturated rings. The van der Waals surface area contributed by atoms with Crippen LogP contribution in [0.1, 0.15) is 30.3 Å². The quantitative estimate of drug-likeness (QED) is 0.355. The first kappa shape index (κ1) is 13.5. The fraction of sp³-hybridized carbons (Fsp3) is 0.500. The molecule has 94 valence electrons. The van der Waals surface area contributed by atoms with E-state index in [-0.39, 0.29) is 22.8 Å². The van der Waals surface area contributed by atoms with Gasteiger partial charge in [-0.05, 0) is 30.8 Å². The zero-order valence-corrected chi connectivity index (χ0v) is 10.2. The third-order valence-corrected chi connectivity index (χ3v) is 2.39. The topological polar surface area (TPSA) is 88.0 Å². The van der Waals surface area contributed by atoms with E-state index < -0.39 is 4.92 Å². The minimum absolute atomic E-state index is 0.0819. The Bertz CT molecular complexity index is 403. The molecule has 6 nitrogen and oxygen atoms in total. The van der Waals surface area contributed by atoms with E-state index in [2.05, 4.69) is 10.3 Å². The summed E-state index contributed by atoms with van der Waals surface area (Å²) in [5, 5.41) is 13.1. The first-order chi connectivity index (χ1) is 8.00. The number of nitrogens with zero attached hydrogens (tertiary/aromatic N) is 1. The number of amides is 1. The molecule has 1 amide bonds. The van der Waals surface area contributed by atoms with E-state index in [9.17, 15) is 14.9 Å². The number of aromatic nitrogens is 1. The zero-order valence-electron chi connectivity index (χ0n) is 9.40. The molecule has 2 N–H and O–H groups in total. The molecule has 0 saturated carbocycles. The highest BCUT2D eigenvalue weighted by atomic mass is 35.5. The van der Waals surface area contributed by atoms with E-state index in [1.807, 2.05) is 6.92 Å². The van der Waals surface area contributed by atoms with E-state index in [0.29, 0.717) is 6.54 Å². The molecule has 0 aliphatic carbocycles. The monoisotopic (exact) mass is 259 g/mol. The Labute approximate surface area is 103 Å². The van der Waals surface area contributed by atoms with E-state index >= 15 is 0 Å². The lowest BCUT2D eigenvalue weighted by Crippen LogP contribution is -2.25. The van der Waals surface area contributed by atoms with E-state index in [0.717, 1.165) is 12.8 Å². The average Bonchev–Trinajstić information content (AvgIpc) is 2.73. The van der Waals surface area contributed by atoms with Gasteiger partial charge in [0.2, 0.25) is 0 Å². The molecule has 0 radical (unpaired) electrons. The summed E-state index contributed by atoms with van der Waals surface area (Å²) in [5.74, 6) is -0.537. The maximum atomic E-state index is 11.5. The second-order valence-corrected chi connectivity index (χ2v) is 4.44. The molecule has 1 aromatic rings. The van der Waals surface area contributed by atoms with Crippen LogP contribution in [0.4, 0.5) is 5.82 Å². The van der Waals surface area contributed by atoms with Crippen molar-refractivity contribution in [3.63, 3.8) is 0 Å². The molecule has 0 spiro atoms. The Morgan fingerprint density at radius 2 is 2.35 bits per heavy atom. The van der Waals surface area contributed by atoms with Gasteiger partial charge in [0, 0.05) is 18.0 Å². The van der Waals surface area contributed by atoms with Crippen molar-refractivity contribution in [2.75, 3.05) is 6.54 Å². The fourth-order valence-corrected chi connectivity index (χ4v) is 1.46. The van der Waals surface area contributed by atoms with E-state index in [4.69, 9.17) is 11.6 Å². The molecule has 0 aromatic carbocycles. The standard InChI is InChI=1S/C10H14ClN3O3/c1-7(11)3-2-6-12-10(15)8-4-5-9(13-8)14(16)17/h4-5,7,13H,2-3,6H2,1H3,(H,12,15). The van der Waals surface area contributed by atoms with Crippen LogP contribution in [-0.2, 0) is 0 Å². The molecule has 7 heteroatoms. The minimum atomic E-state index is -0.577. The Kier molecular flexibility index (Phi) is 4.96. The molecule has 0 bridgehead atoms. The van der Waals surface area contributed by atoms with Crippen LogP contribution in [0, 0.1) is 10.1 Å². The van der Waals surface area contributed by atoms with Crippen molar-refractivity contribution in [3.05, 3.63) is 27.9 Å². The van der Waals surface area contributed by atoms with Crippen LogP contribution in [0.25, 0.3) is 0 Å². The first-order valence-electron chi connectivity index (χ1n) is 5.26. The van der Waals surface area contributed by atoms with Crippen LogP contribution in [0.15, 0.2) is 12.1 Å². The number of hydrogen-bond donors (Lipinski definition) is 2. The van der Waals surface area contributed by atoms with Gasteiger partial charge < -0.3 is 15.4 Å². The molecule has 0 saturated heterocycles. The molecule has 17 heavy (non-hydrogen) atoms. The summed E-state index contributed by atoms with van der Waals surface area (Å²) >= 11 is 5.75. The van der Waals surface area contributed by atoms with Crippen LogP contribution in [0.5, 0.6) is 0 Å². The molecule has 0 aliphatic rings. The lowest BCUT2D eigenvalue weighted by Gasteiger charge is -2.03. The predicted molar refractivity (Wildman–Crippen MR) is 64.3 cm³/mol. The van der Waals surface area contributed by atoms with Crippen molar-refractivity contribution in [2.24, 2.45) is 0 Å². The van der Waals surface area contributed by atoms with Crippen LogP contribution < -0.4 is 5.32 Å². The highest BCUT2D eigenvalue weighted by Crippen LogP contribution is 2.09. The maximum Gasteiger partial charge on any atom is 0.321 e. The zero-order chi connectivity index (χ0) is 12.8. The van der Waals surface area contributed by atoms with Crippen LogP contribution in [-0.4, -0.2) is 27.7 Å². The molecular weight excluding hydrogens is 246 g/mol. The number of halogens is 1. The molecule has 1 heterocycles. The number of rotatable bonds is 6. The molecule has 0 aliphatic heterocycles. The highest BCUT2D eigenvalue weighted by Gasteiger charge is 2.14. The number of carbonyl (C=O) groups excluding carboxylic acids is 1. The third-order valence-electron chi connectivity index (χ3n) is 2.18. The SMILES string of the molecule is CC(Cl)CCCNC(=O)c1ccc([N+](=O)[O-])[nH]1. The number of nitro groups is 1. The van der Waals surface area contributed by atoms with Gasteiger partial charge in [0.1, 0.15) is 0 Å². The molecule has 1 rings (SSSR count). The van der Waals surface area contributed by atoms with Gasteiger partial charge in [-0.15, -0.1) is 11.6 Å². The molecular formula is C10H14ClN3O3. The lowest BCUT2D eigenvalue weighted by molar-refractivity contribution is -0.389. The van der Waals surface area contributed by atoms with Gasteiger partial charge in [-0.3, -0.25) is 4.79 Å². The van der Waals surface area contributed by atoms with Crippen LogP contribution >= 0.6 is 11.6 Å². The summed E-state index contributed by atoms with van der Waals surface area (Å²) in [6.45, 7) is 2.39. The van der Waals surface area contributed by atoms with Crippen molar-refractivity contribution in [2.45, 2.75) is 25.1 Å². The maximum absolute atomic E-state index is 11.5. The number of nitrogens with one attached hydrogen (secondary N) is 2. The summed E-state index contributed by atoms with van der Waals surface area (Å²) in [7, 11) is 0. The summed E-state index contributed by atoms with van der Waals surface area (Å²) in [6.07, 6.45) is 1.59. The van der Waals surface area contributed by atoms with Crippen LogP contribution in [0.3, 0.4) is 0 Å². The second-order valence-electron chi connectivity index (χ2n) is 3.69. The summed E-state index contributed by atoms with van der Waals surface area (Å²) in [5.41, 5.74) is 0.190. The predicted octanol–water partition coefficient (Wildman–Crippen LogP) is 2.06. The number of H-pyrrole nitrogens is 1. The highest BCUT2D eigenvalue weighted by molar-refractivity contribution is 6.20. The lowest BCUT2D eigenvalue weighted by atomic mass is 10.2. The molecule has 1 atom stereocenters. The van der Waals surface area contributed by atoms with Gasteiger partial charge in [-0.2, -0.15) is 0 Å². The molecule has 1 unspecified atom stereocenters. The van der Waals surface area contributed by atoms with Gasteiger partial charge in [0.05, 0.1) is 0 Å². The fourth-order valence-electron chi connectivity index (χ4n) is 1.30. The Morgan fingerprint density at radius 3 is 2.88 bits per heavy atom. The van der Waals surface area contributed by atoms with Gasteiger partial charge in [-0.25, -0.2) is 4.98 Å². The summed E-state index contributed by atoms with van der Waals surface area (Å²) < 4.78 is 0. The third kappa shape index (κ3) is 4.44. The molecule has 1 aromatic heterocycles. The largest absolute Gasteiger partial charge is 0.358 e. The number of aromatic amines is 1. The van der Waals surface area contributed by atoms with Gasteiger partial charge in [0.15, 0.2) is 5.69 Å². The smallest absolute Gasteiger partial charge is 0.321 e. The average molecular weight is 260 g/mol. The normalized spacial score (nSPS) is 12.1. The summed E-state index contributed by atoms with van der Waals surface area (Å²) in [6, 6.07) is 2.65. The number of carbonyl (C=O) groups is 1. The van der Waals surface area contributed by atoms with E-state index in [1.165, 1.54) is 12.1 Å². The number of alkyl halides is 1. The first-order valence-corrected chi connectivity index (χ1v) is 5.70. The van der Waals surface area contributed by atoms with Crippen molar-refractivity contribution in [3.8, 4) is 0 Å². The van der Waals surface area contributed by atoms with Crippen molar-refractivity contribution in [1.29, 1.82) is 0 Å². The Balaban J connectivity index is 2.39. The van der Waals surface area contributed by atoms with Crippen LogP contribution in [0.2, 0.25) is 0 Å². The van der Waals surface area contributed by atoms with E-state index in [1.54, 1.807) is 0 Å². The Morgan fingerprint density at radius 1 is 1.65 bits per heavy atom. The van der Waals surface area contributed by atoms with Gasteiger partial charge >= 0.3 is 5.82 Å². The van der Waals surface area contributed by atoms with Crippen molar-refractivity contribution in [1.82, 2.24) is 10.3 Å². The van der Waals surface area contributed by atoms with Gasteiger partial charge in [-0.1, -0.05) is 0 Å². The minimum Gasteiger partial charge on any atom is -0.358 e. The van der Waals surface area contributed by atoms with Crippen molar-refractivity contribution < 1.29 is 9.72 Å². The number of hydrogen-bond acceptors (Lipinski definition) is 3. The Hall–Kier alpha value is -1.56.